The second kappa shape index (κ2) is 15.8. The van der Waals surface area contributed by atoms with Gasteiger partial charge in [-0.05, 0) is 36.6 Å². The number of carbonyl (C=O) groups excluding carboxylic acids is 5. The Kier molecular flexibility index (Phi) is 11.6. The van der Waals surface area contributed by atoms with Gasteiger partial charge in [0.05, 0.1) is 17.7 Å². The van der Waals surface area contributed by atoms with Gasteiger partial charge in [-0.1, -0.05) is 78.9 Å². The van der Waals surface area contributed by atoms with Gasteiger partial charge in [0.15, 0.2) is 0 Å². The molecule has 4 amide bonds. The number of nitrogens with one attached hydrogen (secondary N) is 3. The summed E-state index contributed by atoms with van der Waals surface area (Å²) in [6, 6.07) is 22.1. The van der Waals surface area contributed by atoms with Gasteiger partial charge in [0, 0.05) is 38.4 Å². The van der Waals surface area contributed by atoms with Crippen molar-refractivity contribution >= 4 is 40.9 Å². The maximum atomic E-state index is 14.2. The van der Waals surface area contributed by atoms with Crippen molar-refractivity contribution in [3.63, 3.8) is 0 Å². The molecule has 0 aliphatic heterocycles. The quantitative estimate of drug-likeness (QED) is 0.156. The molecule has 4 N–H and O–H groups in total. The maximum absolute atomic E-state index is 14.2. The highest BCUT2D eigenvalue weighted by Crippen LogP contribution is 2.23. The van der Waals surface area contributed by atoms with Crippen molar-refractivity contribution in [1.82, 2.24) is 25.4 Å². The number of likely N-dealkylation sites (N-methyl/N-ethyl adjacent to an activating group) is 1. The molecule has 1 aromatic heterocycles. The van der Waals surface area contributed by atoms with Gasteiger partial charge in [-0.3, -0.25) is 28.5 Å². The van der Waals surface area contributed by atoms with Crippen LogP contribution < -0.4 is 16.0 Å². The molecule has 2 unspecified atom stereocenters. The standard InChI is InChI=1S/C36H41N5O6/c1-23(27-15-9-6-10-16-27)40(4)36(47)31(19-26-13-7-5-8-14-26)39-34(45)30(38-35(46)33(24(2)43)37-25(3)44)20-28-21-41(22-42)32-18-12-11-17-29(28)32/h5-18,21-24,30-31,33,43H,19-20H2,1-4H3,(H,37,44)(H,38,46)(H,39,45)/t23?,24?,30-,31+,33+/m1/s1. The van der Waals surface area contributed by atoms with E-state index >= 15 is 0 Å². The van der Waals surface area contributed by atoms with Gasteiger partial charge in [0.2, 0.25) is 30.0 Å². The Hall–Kier alpha value is -5.29. The lowest BCUT2D eigenvalue weighted by Gasteiger charge is -2.31. The Morgan fingerprint density at radius 1 is 0.809 bits per heavy atom. The van der Waals surface area contributed by atoms with Gasteiger partial charge < -0.3 is 26.0 Å². The molecule has 11 heteroatoms. The first kappa shape index (κ1) is 34.6. The van der Waals surface area contributed by atoms with E-state index in [1.165, 1.54) is 18.4 Å². The van der Waals surface area contributed by atoms with E-state index in [1.807, 2.05) is 67.6 Å². The summed E-state index contributed by atoms with van der Waals surface area (Å²) in [6.07, 6.45) is 1.11. The fraction of sp³-hybridized carbons (Fsp3) is 0.306. The van der Waals surface area contributed by atoms with Crippen molar-refractivity contribution in [3.05, 3.63) is 108 Å². The number of aromatic nitrogens is 1. The predicted octanol–water partition coefficient (Wildman–Crippen LogP) is 2.54. The number of aliphatic hydroxyl groups is 1. The first-order valence-electron chi connectivity index (χ1n) is 15.4. The number of hydrogen-bond donors (Lipinski definition) is 4. The number of amides is 4. The van der Waals surface area contributed by atoms with Gasteiger partial charge in [0.1, 0.15) is 18.1 Å². The molecule has 5 atom stereocenters. The first-order valence-corrected chi connectivity index (χ1v) is 15.4. The molecule has 0 saturated carbocycles. The van der Waals surface area contributed by atoms with E-state index in [4.69, 9.17) is 0 Å². The van der Waals surface area contributed by atoms with Crippen molar-refractivity contribution in [2.75, 3.05) is 7.05 Å². The van der Waals surface area contributed by atoms with Crippen molar-refractivity contribution in [1.29, 1.82) is 0 Å². The third-order valence-electron chi connectivity index (χ3n) is 8.23. The van der Waals surface area contributed by atoms with E-state index in [-0.39, 0.29) is 24.8 Å². The SMILES string of the molecule is CC(=O)N[C@H](C(=O)N[C@H](Cc1cn(C=O)c2ccccc12)C(=O)N[C@@H](Cc1ccccc1)C(=O)N(C)C(C)c1ccccc1)C(C)O. The number of fused-ring (bicyclic) bond motifs is 1. The van der Waals surface area contributed by atoms with Crippen LogP contribution in [0.15, 0.2) is 91.1 Å². The minimum atomic E-state index is -1.33. The topological polar surface area (TPSA) is 150 Å². The van der Waals surface area contributed by atoms with Crippen LogP contribution in [0.25, 0.3) is 10.9 Å². The summed E-state index contributed by atoms with van der Waals surface area (Å²) in [6.45, 7) is 4.47. The lowest BCUT2D eigenvalue weighted by Crippen LogP contribution is -2.59. The van der Waals surface area contributed by atoms with E-state index in [2.05, 4.69) is 16.0 Å². The van der Waals surface area contributed by atoms with Crippen molar-refractivity contribution in [3.8, 4) is 0 Å². The van der Waals surface area contributed by atoms with Gasteiger partial charge >= 0.3 is 0 Å². The predicted molar refractivity (Wildman–Crippen MR) is 179 cm³/mol. The summed E-state index contributed by atoms with van der Waals surface area (Å²) < 4.78 is 1.39. The molecule has 0 radical (unpaired) electrons. The van der Waals surface area contributed by atoms with Crippen LogP contribution in [0.2, 0.25) is 0 Å². The second-order valence-corrected chi connectivity index (χ2v) is 11.7. The number of benzene rings is 3. The summed E-state index contributed by atoms with van der Waals surface area (Å²) in [5.41, 5.74) is 2.96. The Balaban J connectivity index is 1.68. The Morgan fingerprint density at radius 3 is 2.02 bits per heavy atom. The smallest absolute Gasteiger partial charge is 0.245 e. The van der Waals surface area contributed by atoms with E-state index in [1.54, 1.807) is 42.4 Å². The molecule has 0 saturated heterocycles. The van der Waals surface area contributed by atoms with E-state index in [0.717, 1.165) is 11.1 Å². The summed E-state index contributed by atoms with van der Waals surface area (Å²) in [4.78, 5) is 66.8. The lowest BCUT2D eigenvalue weighted by atomic mass is 10.00. The maximum Gasteiger partial charge on any atom is 0.245 e. The minimum absolute atomic E-state index is 0.0476. The summed E-state index contributed by atoms with van der Waals surface area (Å²) in [5.74, 6) is -2.30. The number of hydrogen-bond acceptors (Lipinski definition) is 6. The van der Waals surface area contributed by atoms with Gasteiger partial charge in [-0.15, -0.1) is 0 Å². The molecule has 11 nitrogen and oxygen atoms in total. The Morgan fingerprint density at radius 2 is 1.40 bits per heavy atom. The van der Waals surface area contributed by atoms with E-state index in [0.29, 0.717) is 22.9 Å². The zero-order chi connectivity index (χ0) is 34.1. The first-order chi connectivity index (χ1) is 22.5. The second-order valence-electron chi connectivity index (χ2n) is 11.7. The highest BCUT2D eigenvalue weighted by molar-refractivity contribution is 5.95. The summed E-state index contributed by atoms with van der Waals surface area (Å²) >= 11 is 0. The normalized spacial score (nSPS) is 14.2. The van der Waals surface area contributed by atoms with Gasteiger partial charge in [-0.25, -0.2) is 0 Å². The zero-order valence-corrected chi connectivity index (χ0v) is 26.9. The molecule has 3 aromatic carbocycles. The van der Waals surface area contributed by atoms with Crippen LogP contribution in [0.4, 0.5) is 0 Å². The molecule has 0 aliphatic carbocycles. The number of carbonyl (C=O) groups is 5. The molecular formula is C36H41N5O6. The van der Waals surface area contributed by atoms with Crippen LogP contribution in [0.1, 0.15) is 43.5 Å². The molecule has 47 heavy (non-hydrogen) atoms. The van der Waals surface area contributed by atoms with E-state index < -0.39 is 42.0 Å². The van der Waals surface area contributed by atoms with Gasteiger partial charge in [-0.2, -0.15) is 0 Å². The molecule has 0 aliphatic rings. The number of nitrogens with zero attached hydrogens (tertiary/aromatic N) is 2. The summed E-state index contributed by atoms with van der Waals surface area (Å²) in [7, 11) is 1.68. The molecule has 0 spiro atoms. The number of para-hydroxylation sites is 1. The Bertz CT molecular complexity index is 1700. The largest absolute Gasteiger partial charge is 0.391 e. The average Bonchev–Trinajstić information content (AvgIpc) is 3.43. The zero-order valence-electron chi connectivity index (χ0n) is 26.9. The Labute approximate surface area is 273 Å². The van der Waals surface area contributed by atoms with Crippen LogP contribution in [0.3, 0.4) is 0 Å². The van der Waals surface area contributed by atoms with Crippen LogP contribution in [-0.4, -0.2) is 75.9 Å². The molecule has 4 rings (SSSR count). The molecule has 0 fully saturated rings. The van der Waals surface area contributed by atoms with Gasteiger partial charge in [0.25, 0.3) is 0 Å². The number of rotatable bonds is 14. The molecule has 246 valence electrons. The fourth-order valence-corrected chi connectivity index (χ4v) is 5.56. The minimum Gasteiger partial charge on any atom is -0.391 e. The van der Waals surface area contributed by atoms with Crippen molar-refractivity contribution in [2.24, 2.45) is 0 Å². The molecule has 1 heterocycles. The lowest BCUT2D eigenvalue weighted by molar-refractivity contribution is -0.138. The number of aliphatic hydroxyl groups excluding tert-OH is 1. The van der Waals surface area contributed by atoms with Crippen molar-refractivity contribution in [2.45, 2.75) is 63.9 Å². The van der Waals surface area contributed by atoms with Crippen LogP contribution in [-0.2, 0) is 36.8 Å². The molecular weight excluding hydrogens is 598 g/mol. The van der Waals surface area contributed by atoms with Crippen LogP contribution in [0, 0.1) is 0 Å². The molecule has 4 aromatic rings. The average molecular weight is 640 g/mol. The fourth-order valence-electron chi connectivity index (χ4n) is 5.56. The molecule has 0 bridgehead atoms. The monoisotopic (exact) mass is 639 g/mol. The van der Waals surface area contributed by atoms with Crippen LogP contribution >= 0.6 is 0 Å². The van der Waals surface area contributed by atoms with Crippen molar-refractivity contribution < 1.29 is 29.1 Å². The summed E-state index contributed by atoms with van der Waals surface area (Å²) in [5, 5.41) is 19.0. The van der Waals surface area contributed by atoms with Crippen LogP contribution in [0.5, 0.6) is 0 Å². The highest BCUT2D eigenvalue weighted by atomic mass is 16.3. The van der Waals surface area contributed by atoms with E-state index in [9.17, 15) is 29.1 Å². The third kappa shape index (κ3) is 8.71. The highest BCUT2D eigenvalue weighted by Gasteiger charge is 2.33. The third-order valence-corrected chi connectivity index (χ3v) is 8.23.